The monoisotopic (exact) mass is 234 g/mol. The van der Waals surface area contributed by atoms with Crippen LogP contribution in [-0.2, 0) is 6.54 Å². The van der Waals surface area contributed by atoms with Gasteiger partial charge in [0.2, 0.25) is 0 Å². The summed E-state index contributed by atoms with van der Waals surface area (Å²) < 4.78 is 0. The van der Waals surface area contributed by atoms with Crippen molar-refractivity contribution >= 4 is 0 Å². The van der Waals surface area contributed by atoms with Gasteiger partial charge in [-0.1, -0.05) is 43.2 Å². The zero-order chi connectivity index (χ0) is 13.1. The molecular formula is C15H26N2. The first kappa shape index (κ1) is 14.2. The van der Waals surface area contributed by atoms with Gasteiger partial charge in [0, 0.05) is 13.1 Å². The third-order valence-electron chi connectivity index (χ3n) is 2.98. The van der Waals surface area contributed by atoms with Gasteiger partial charge in [0.05, 0.1) is 0 Å². The molecule has 0 spiro atoms. The maximum atomic E-state index is 5.77. The molecule has 0 heterocycles. The fourth-order valence-corrected chi connectivity index (χ4v) is 2.32. The molecule has 1 rings (SSSR count). The molecule has 96 valence electrons. The number of hydrogen-bond acceptors (Lipinski definition) is 2. The van der Waals surface area contributed by atoms with Gasteiger partial charge in [-0.25, -0.2) is 0 Å². The van der Waals surface area contributed by atoms with Crippen molar-refractivity contribution < 1.29 is 0 Å². The topological polar surface area (TPSA) is 29.3 Å². The molecule has 0 aliphatic heterocycles. The van der Waals surface area contributed by atoms with Crippen molar-refractivity contribution in [2.24, 2.45) is 11.1 Å². The van der Waals surface area contributed by atoms with Crippen LogP contribution < -0.4 is 5.73 Å². The van der Waals surface area contributed by atoms with E-state index in [1.807, 2.05) is 0 Å². The predicted molar refractivity (Wildman–Crippen MR) is 75.1 cm³/mol. The van der Waals surface area contributed by atoms with Crippen LogP contribution in [0.5, 0.6) is 0 Å². The first-order valence-corrected chi connectivity index (χ1v) is 6.28. The molecule has 17 heavy (non-hydrogen) atoms. The third-order valence-corrected chi connectivity index (χ3v) is 2.98. The fourth-order valence-electron chi connectivity index (χ4n) is 2.32. The second-order valence-corrected chi connectivity index (χ2v) is 6.04. The maximum Gasteiger partial charge on any atom is 0.0231 e. The molecule has 0 atom stereocenters. The molecule has 0 aromatic heterocycles. The summed E-state index contributed by atoms with van der Waals surface area (Å²) >= 11 is 0. The third kappa shape index (κ3) is 4.88. The summed E-state index contributed by atoms with van der Waals surface area (Å²) in [5.74, 6) is 0. The Hall–Kier alpha value is -0.860. The second kappa shape index (κ2) is 5.65. The highest BCUT2D eigenvalue weighted by Gasteiger charge is 2.18. The first-order valence-electron chi connectivity index (χ1n) is 6.28. The Kier molecular flexibility index (Phi) is 4.72. The highest BCUT2D eigenvalue weighted by Crippen LogP contribution is 2.16. The Morgan fingerprint density at radius 1 is 1.12 bits per heavy atom. The molecule has 0 aliphatic carbocycles. The molecular weight excluding hydrogens is 208 g/mol. The smallest absolute Gasteiger partial charge is 0.0231 e. The summed E-state index contributed by atoms with van der Waals surface area (Å²) in [4.78, 5) is 2.35. The fraction of sp³-hybridized carbons (Fsp3) is 0.600. The van der Waals surface area contributed by atoms with E-state index >= 15 is 0 Å². The SMILES string of the molecule is Cc1cc(C)cc(CN(C)CC(C)(C)CN)c1. The minimum Gasteiger partial charge on any atom is -0.330 e. The van der Waals surface area contributed by atoms with E-state index < -0.39 is 0 Å². The number of hydrogen-bond donors (Lipinski definition) is 1. The lowest BCUT2D eigenvalue weighted by atomic mass is 9.93. The van der Waals surface area contributed by atoms with Gasteiger partial charge in [0.1, 0.15) is 0 Å². The van der Waals surface area contributed by atoms with Gasteiger partial charge in [-0.2, -0.15) is 0 Å². The quantitative estimate of drug-likeness (QED) is 0.849. The van der Waals surface area contributed by atoms with Gasteiger partial charge >= 0.3 is 0 Å². The van der Waals surface area contributed by atoms with E-state index in [1.165, 1.54) is 16.7 Å². The molecule has 2 N–H and O–H groups in total. The molecule has 2 nitrogen and oxygen atoms in total. The minimum atomic E-state index is 0.188. The van der Waals surface area contributed by atoms with Crippen LogP contribution >= 0.6 is 0 Å². The normalized spacial score (nSPS) is 12.2. The summed E-state index contributed by atoms with van der Waals surface area (Å²) in [6.07, 6.45) is 0. The van der Waals surface area contributed by atoms with Gasteiger partial charge in [-0.15, -0.1) is 0 Å². The van der Waals surface area contributed by atoms with Crippen molar-refractivity contribution in [1.82, 2.24) is 4.90 Å². The van der Waals surface area contributed by atoms with E-state index in [0.29, 0.717) is 0 Å². The van der Waals surface area contributed by atoms with Gasteiger partial charge < -0.3 is 10.6 Å². The summed E-state index contributed by atoms with van der Waals surface area (Å²) in [7, 11) is 2.16. The lowest BCUT2D eigenvalue weighted by Gasteiger charge is -2.29. The molecule has 0 aliphatic rings. The first-order chi connectivity index (χ1) is 7.82. The Bertz CT molecular complexity index is 349. The van der Waals surface area contributed by atoms with E-state index in [9.17, 15) is 0 Å². The van der Waals surface area contributed by atoms with Crippen LogP contribution in [0.2, 0.25) is 0 Å². The Morgan fingerprint density at radius 3 is 2.12 bits per heavy atom. The van der Waals surface area contributed by atoms with Gasteiger partial charge in [0.15, 0.2) is 0 Å². The zero-order valence-corrected chi connectivity index (χ0v) is 11.9. The van der Waals surface area contributed by atoms with Crippen molar-refractivity contribution in [2.75, 3.05) is 20.1 Å². The second-order valence-electron chi connectivity index (χ2n) is 6.04. The molecule has 1 aromatic rings. The molecule has 0 saturated heterocycles. The Balaban J connectivity index is 2.65. The van der Waals surface area contributed by atoms with Crippen LogP contribution in [0.1, 0.15) is 30.5 Å². The maximum absolute atomic E-state index is 5.77. The highest BCUT2D eigenvalue weighted by molar-refractivity contribution is 5.28. The number of aryl methyl sites for hydroxylation is 2. The standard InChI is InChI=1S/C15H26N2/c1-12-6-13(2)8-14(7-12)9-17(5)11-15(3,4)10-16/h6-8H,9-11,16H2,1-5H3. The van der Waals surface area contributed by atoms with E-state index in [4.69, 9.17) is 5.73 Å². The summed E-state index contributed by atoms with van der Waals surface area (Å²) in [5, 5.41) is 0. The average Bonchev–Trinajstić information content (AvgIpc) is 2.14. The number of nitrogens with zero attached hydrogens (tertiary/aromatic N) is 1. The van der Waals surface area contributed by atoms with Crippen LogP contribution in [0.3, 0.4) is 0 Å². The molecule has 2 heteroatoms. The van der Waals surface area contributed by atoms with Crippen LogP contribution in [0.15, 0.2) is 18.2 Å². The average molecular weight is 234 g/mol. The molecule has 0 radical (unpaired) electrons. The lowest BCUT2D eigenvalue weighted by Crippen LogP contribution is -2.36. The van der Waals surface area contributed by atoms with Crippen molar-refractivity contribution in [3.05, 3.63) is 34.9 Å². The molecule has 0 unspecified atom stereocenters. The highest BCUT2D eigenvalue weighted by atomic mass is 15.1. The van der Waals surface area contributed by atoms with E-state index in [2.05, 4.69) is 57.8 Å². The minimum absolute atomic E-state index is 0.188. The number of nitrogens with two attached hydrogens (primary N) is 1. The molecule has 0 fully saturated rings. The predicted octanol–water partition coefficient (Wildman–Crippen LogP) is 2.72. The van der Waals surface area contributed by atoms with Crippen molar-refractivity contribution in [3.63, 3.8) is 0 Å². The van der Waals surface area contributed by atoms with E-state index in [0.717, 1.165) is 19.6 Å². The summed E-state index contributed by atoms with van der Waals surface area (Å²) in [6.45, 7) is 11.5. The van der Waals surface area contributed by atoms with Gasteiger partial charge in [-0.3, -0.25) is 0 Å². The molecule has 0 saturated carbocycles. The van der Waals surface area contributed by atoms with Crippen molar-refractivity contribution in [3.8, 4) is 0 Å². The van der Waals surface area contributed by atoms with E-state index in [-0.39, 0.29) is 5.41 Å². The molecule has 0 amide bonds. The van der Waals surface area contributed by atoms with Gasteiger partial charge in [0.25, 0.3) is 0 Å². The Morgan fingerprint density at radius 2 is 1.65 bits per heavy atom. The largest absolute Gasteiger partial charge is 0.330 e. The van der Waals surface area contributed by atoms with E-state index in [1.54, 1.807) is 0 Å². The number of benzene rings is 1. The van der Waals surface area contributed by atoms with Crippen molar-refractivity contribution in [2.45, 2.75) is 34.2 Å². The van der Waals surface area contributed by atoms with Gasteiger partial charge in [-0.05, 0) is 38.4 Å². The summed E-state index contributed by atoms with van der Waals surface area (Å²) in [6, 6.07) is 6.74. The molecule has 1 aromatic carbocycles. The lowest BCUT2D eigenvalue weighted by molar-refractivity contribution is 0.210. The zero-order valence-electron chi connectivity index (χ0n) is 11.9. The Labute approximate surface area is 106 Å². The van der Waals surface area contributed by atoms with Crippen LogP contribution in [-0.4, -0.2) is 25.0 Å². The van der Waals surface area contributed by atoms with Crippen LogP contribution in [0, 0.1) is 19.3 Å². The van der Waals surface area contributed by atoms with Crippen molar-refractivity contribution in [1.29, 1.82) is 0 Å². The summed E-state index contributed by atoms with van der Waals surface area (Å²) in [5.41, 5.74) is 10.0. The number of rotatable bonds is 5. The van der Waals surface area contributed by atoms with Crippen LogP contribution in [0.4, 0.5) is 0 Å². The van der Waals surface area contributed by atoms with Crippen LogP contribution in [0.25, 0.3) is 0 Å². The molecule has 0 bridgehead atoms.